The molecule has 0 heterocycles. The number of hydrogen-bond acceptors (Lipinski definition) is 2. The van der Waals surface area contributed by atoms with Crippen molar-refractivity contribution >= 4 is 27.8 Å². The van der Waals surface area contributed by atoms with Crippen LogP contribution in [0.25, 0.3) is 0 Å². The van der Waals surface area contributed by atoms with Gasteiger partial charge in [-0.05, 0) is 24.1 Å². The van der Waals surface area contributed by atoms with Crippen molar-refractivity contribution in [3.8, 4) is 0 Å². The number of nitrogens with zero attached hydrogens (tertiary/aromatic N) is 1. The van der Waals surface area contributed by atoms with Gasteiger partial charge in [-0.3, -0.25) is 9.59 Å². The number of halogens is 2. The van der Waals surface area contributed by atoms with E-state index in [0.29, 0.717) is 4.47 Å². The Labute approximate surface area is 119 Å². The van der Waals surface area contributed by atoms with Crippen LogP contribution in [0.4, 0.5) is 4.39 Å². The quantitative estimate of drug-likeness (QED) is 0.902. The normalized spacial score (nSPS) is 10.6. The van der Waals surface area contributed by atoms with Crippen molar-refractivity contribution in [3.05, 3.63) is 34.1 Å². The summed E-state index contributed by atoms with van der Waals surface area (Å²) < 4.78 is 14.2. The molecule has 0 fully saturated rings. The molecule has 0 saturated heterocycles. The molecule has 1 aromatic carbocycles. The van der Waals surface area contributed by atoms with Gasteiger partial charge in [-0.25, -0.2) is 4.39 Å². The topological polar surface area (TPSA) is 57.6 Å². The number of aliphatic carboxylic acids is 1. The third-order valence-corrected chi connectivity index (χ3v) is 2.85. The zero-order valence-electron chi connectivity index (χ0n) is 10.7. The van der Waals surface area contributed by atoms with E-state index in [2.05, 4.69) is 15.9 Å². The lowest BCUT2D eigenvalue weighted by molar-refractivity contribution is -0.137. The van der Waals surface area contributed by atoms with E-state index < -0.39 is 24.2 Å². The fraction of sp³-hybridized carbons (Fsp3) is 0.385. The number of rotatable bonds is 5. The standard InChI is InChI=1S/C13H15BrFNO3/c1-8(2)6-16(7-12(17)18)13(19)10-4-3-9(14)5-11(10)15/h3-5,8H,6-7H2,1-2H3,(H,17,18). The molecule has 0 spiro atoms. The monoisotopic (exact) mass is 331 g/mol. The van der Waals surface area contributed by atoms with E-state index in [1.165, 1.54) is 12.1 Å². The lowest BCUT2D eigenvalue weighted by atomic mass is 10.1. The first-order valence-electron chi connectivity index (χ1n) is 5.77. The molecule has 4 nitrogen and oxygen atoms in total. The first-order chi connectivity index (χ1) is 8.81. The summed E-state index contributed by atoms with van der Waals surface area (Å²) in [6.45, 7) is 3.55. The molecule has 6 heteroatoms. The summed E-state index contributed by atoms with van der Waals surface area (Å²) in [4.78, 5) is 24.1. The third-order valence-electron chi connectivity index (χ3n) is 2.36. The predicted molar refractivity (Wildman–Crippen MR) is 72.5 cm³/mol. The van der Waals surface area contributed by atoms with Gasteiger partial charge in [0, 0.05) is 11.0 Å². The van der Waals surface area contributed by atoms with Gasteiger partial charge in [-0.15, -0.1) is 0 Å². The van der Waals surface area contributed by atoms with Gasteiger partial charge in [-0.1, -0.05) is 29.8 Å². The highest BCUT2D eigenvalue weighted by Gasteiger charge is 2.22. The number of carbonyl (C=O) groups excluding carboxylic acids is 1. The maximum atomic E-state index is 13.7. The second kappa shape index (κ2) is 6.65. The van der Waals surface area contributed by atoms with Crippen LogP contribution in [0.3, 0.4) is 0 Å². The van der Waals surface area contributed by atoms with Crippen LogP contribution in [0.2, 0.25) is 0 Å². The van der Waals surface area contributed by atoms with Gasteiger partial charge in [0.15, 0.2) is 0 Å². The molecule has 0 aromatic heterocycles. The van der Waals surface area contributed by atoms with Gasteiger partial charge < -0.3 is 10.0 Å². The van der Waals surface area contributed by atoms with Crippen LogP contribution in [-0.4, -0.2) is 35.0 Å². The van der Waals surface area contributed by atoms with Crippen LogP contribution in [0.15, 0.2) is 22.7 Å². The first-order valence-corrected chi connectivity index (χ1v) is 6.56. The largest absolute Gasteiger partial charge is 0.480 e. The van der Waals surface area contributed by atoms with Crippen LogP contribution < -0.4 is 0 Å². The second-order valence-corrected chi connectivity index (χ2v) is 5.51. The summed E-state index contributed by atoms with van der Waals surface area (Å²) in [5, 5.41) is 8.81. The molecule has 0 aliphatic carbocycles. The van der Waals surface area contributed by atoms with Crippen molar-refractivity contribution in [1.82, 2.24) is 4.90 Å². The van der Waals surface area contributed by atoms with Gasteiger partial charge in [0.1, 0.15) is 12.4 Å². The zero-order chi connectivity index (χ0) is 14.6. The van der Waals surface area contributed by atoms with E-state index in [4.69, 9.17) is 5.11 Å². The van der Waals surface area contributed by atoms with Crippen molar-refractivity contribution in [3.63, 3.8) is 0 Å². The molecule has 0 atom stereocenters. The SMILES string of the molecule is CC(C)CN(CC(=O)O)C(=O)c1ccc(Br)cc1F. The van der Waals surface area contributed by atoms with Gasteiger partial charge >= 0.3 is 5.97 Å². The molecule has 1 amide bonds. The molecule has 0 bridgehead atoms. The fourth-order valence-corrected chi connectivity index (χ4v) is 1.99. The Morgan fingerprint density at radius 3 is 2.53 bits per heavy atom. The summed E-state index contributed by atoms with van der Waals surface area (Å²) in [7, 11) is 0. The Morgan fingerprint density at radius 2 is 2.05 bits per heavy atom. The van der Waals surface area contributed by atoms with Crippen molar-refractivity contribution in [1.29, 1.82) is 0 Å². The van der Waals surface area contributed by atoms with E-state index in [1.807, 2.05) is 13.8 Å². The Balaban J connectivity index is 3.00. The van der Waals surface area contributed by atoms with Gasteiger partial charge in [0.25, 0.3) is 5.91 Å². The van der Waals surface area contributed by atoms with Crippen LogP contribution in [-0.2, 0) is 4.79 Å². The number of hydrogen-bond donors (Lipinski definition) is 1. The van der Waals surface area contributed by atoms with E-state index in [1.54, 1.807) is 6.07 Å². The fourth-order valence-electron chi connectivity index (χ4n) is 1.66. The van der Waals surface area contributed by atoms with E-state index >= 15 is 0 Å². The Morgan fingerprint density at radius 1 is 1.42 bits per heavy atom. The molecule has 0 radical (unpaired) electrons. The number of carboxylic acids is 1. The Bertz CT molecular complexity index is 491. The molecule has 0 saturated carbocycles. The lowest BCUT2D eigenvalue weighted by Gasteiger charge is -2.23. The number of carboxylic acid groups (broad SMARTS) is 1. The second-order valence-electron chi connectivity index (χ2n) is 4.60. The average molecular weight is 332 g/mol. The molecular weight excluding hydrogens is 317 g/mol. The highest BCUT2D eigenvalue weighted by atomic mass is 79.9. The summed E-state index contributed by atoms with van der Waals surface area (Å²) in [6, 6.07) is 4.07. The molecule has 104 valence electrons. The minimum Gasteiger partial charge on any atom is -0.480 e. The molecule has 1 N–H and O–H groups in total. The van der Waals surface area contributed by atoms with Gasteiger partial charge in [-0.2, -0.15) is 0 Å². The van der Waals surface area contributed by atoms with Gasteiger partial charge in [0.05, 0.1) is 5.56 Å². The van der Waals surface area contributed by atoms with Crippen molar-refractivity contribution in [2.75, 3.05) is 13.1 Å². The maximum Gasteiger partial charge on any atom is 0.323 e. The average Bonchev–Trinajstić information content (AvgIpc) is 2.26. The van der Waals surface area contributed by atoms with Crippen molar-refractivity contribution < 1.29 is 19.1 Å². The molecule has 0 aliphatic heterocycles. The Kier molecular flexibility index (Phi) is 5.47. The highest BCUT2D eigenvalue weighted by molar-refractivity contribution is 9.10. The minimum atomic E-state index is -1.12. The number of carbonyl (C=O) groups is 2. The zero-order valence-corrected chi connectivity index (χ0v) is 12.3. The van der Waals surface area contributed by atoms with Crippen molar-refractivity contribution in [2.24, 2.45) is 5.92 Å². The minimum absolute atomic E-state index is 0.0989. The lowest BCUT2D eigenvalue weighted by Crippen LogP contribution is -2.38. The van der Waals surface area contributed by atoms with Crippen LogP contribution in [0, 0.1) is 11.7 Å². The summed E-state index contributed by atoms with van der Waals surface area (Å²) in [5.74, 6) is -2.30. The molecule has 1 aromatic rings. The maximum absolute atomic E-state index is 13.7. The summed E-state index contributed by atoms with van der Waals surface area (Å²) in [5.41, 5.74) is -0.120. The van der Waals surface area contributed by atoms with Crippen LogP contribution in [0.1, 0.15) is 24.2 Å². The number of benzene rings is 1. The van der Waals surface area contributed by atoms with E-state index in [-0.39, 0.29) is 18.0 Å². The Hall–Kier alpha value is -1.43. The number of amides is 1. The van der Waals surface area contributed by atoms with Crippen LogP contribution >= 0.6 is 15.9 Å². The highest BCUT2D eigenvalue weighted by Crippen LogP contribution is 2.17. The summed E-state index contributed by atoms with van der Waals surface area (Å²) >= 11 is 3.10. The van der Waals surface area contributed by atoms with E-state index in [9.17, 15) is 14.0 Å². The molecular formula is C13H15BrFNO3. The molecule has 0 unspecified atom stereocenters. The first kappa shape index (κ1) is 15.6. The predicted octanol–water partition coefficient (Wildman–Crippen LogP) is 2.77. The molecule has 0 aliphatic rings. The van der Waals surface area contributed by atoms with E-state index in [0.717, 1.165) is 4.90 Å². The molecule has 1 rings (SSSR count). The molecule has 19 heavy (non-hydrogen) atoms. The van der Waals surface area contributed by atoms with Crippen LogP contribution in [0.5, 0.6) is 0 Å². The van der Waals surface area contributed by atoms with Crippen molar-refractivity contribution in [2.45, 2.75) is 13.8 Å². The third kappa shape index (κ3) is 4.63. The summed E-state index contributed by atoms with van der Waals surface area (Å²) in [6.07, 6.45) is 0. The smallest absolute Gasteiger partial charge is 0.323 e. The van der Waals surface area contributed by atoms with Gasteiger partial charge in [0.2, 0.25) is 0 Å².